The van der Waals surface area contributed by atoms with Crippen LogP contribution in [-0.2, 0) is 0 Å². The van der Waals surface area contributed by atoms with Crippen LogP contribution in [0.4, 0.5) is 4.79 Å². The fourth-order valence-electron chi connectivity index (χ4n) is 2.35. The van der Waals surface area contributed by atoms with Crippen LogP contribution in [0, 0.1) is 11.8 Å². The average molecular weight is 212 g/mol. The van der Waals surface area contributed by atoms with Crippen molar-refractivity contribution < 1.29 is 4.79 Å². The maximum atomic E-state index is 11.5. The molecule has 3 nitrogen and oxygen atoms in total. The maximum Gasteiger partial charge on any atom is 0.315 e. The number of amides is 2. The van der Waals surface area contributed by atoms with Crippen LogP contribution in [0.2, 0.25) is 0 Å². The highest BCUT2D eigenvalue weighted by atomic mass is 16.2. The summed E-state index contributed by atoms with van der Waals surface area (Å²) in [5.74, 6) is 1.41. The van der Waals surface area contributed by atoms with Gasteiger partial charge in [-0.15, -0.1) is 0 Å². The Bertz CT molecular complexity index is 216. The molecule has 1 aliphatic rings. The minimum atomic E-state index is -0.0172. The fraction of sp³-hybridized carbons (Fsp3) is 0.917. The molecule has 3 unspecified atom stereocenters. The molecular formula is C12H24N2O. The van der Waals surface area contributed by atoms with E-state index < -0.39 is 0 Å². The fourth-order valence-corrected chi connectivity index (χ4v) is 2.35. The number of rotatable bonds is 2. The molecule has 3 atom stereocenters. The maximum absolute atomic E-state index is 11.5. The minimum Gasteiger partial charge on any atom is -0.336 e. The van der Waals surface area contributed by atoms with E-state index >= 15 is 0 Å². The van der Waals surface area contributed by atoms with Crippen LogP contribution in [-0.4, -0.2) is 18.1 Å². The van der Waals surface area contributed by atoms with Gasteiger partial charge in [-0.2, -0.15) is 0 Å². The third-order valence-corrected chi connectivity index (χ3v) is 3.17. The molecule has 0 aromatic heterocycles. The summed E-state index contributed by atoms with van der Waals surface area (Å²) < 4.78 is 0. The predicted octanol–water partition coefficient (Wildman–Crippen LogP) is 2.52. The predicted molar refractivity (Wildman–Crippen MR) is 62.8 cm³/mol. The molecule has 1 fully saturated rings. The number of hydrogen-bond acceptors (Lipinski definition) is 1. The molecule has 0 saturated heterocycles. The molecule has 2 N–H and O–H groups in total. The van der Waals surface area contributed by atoms with Crippen molar-refractivity contribution >= 4 is 6.03 Å². The van der Waals surface area contributed by atoms with E-state index in [9.17, 15) is 4.79 Å². The lowest BCUT2D eigenvalue weighted by Gasteiger charge is -2.33. The minimum absolute atomic E-state index is 0.0172. The SMILES string of the molecule is CC1CCC(NC(=O)NC(C)C)C(C)C1. The van der Waals surface area contributed by atoms with Gasteiger partial charge in [-0.05, 0) is 44.9 Å². The largest absolute Gasteiger partial charge is 0.336 e. The second-order valence-corrected chi connectivity index (χ2v) is 5.27. The van der Waals surface area contributed by atoms with E-state index in [2.05, 4.69) is 24.5 Å². The Morgan fingerprint density at radius 3 is 2.47 bits per heavy atom. The van der Waals surface area contributed by atoms with Gasteiger partial charge in [0.25, 0.3) is 0 Å². The summed E-state index contributed by atoms with van der Waals surface area (Å²) in [6.07, 6.45) is 3.58. The summed E-state index contributed by atoms with van der Waals surface area (Å²) in [4.78, 5) is 11.5. The molecule has 0 spiro atoms. The van der Waals surface area contributed by atoms with Crippen LogP contribution in [0.1, 0.15) is 47.0 Å². The van der Waals surface area contributed by atoms with E-state index in [0.29, 0.717) is 12.0 Å². The number of nitrogens with one attached hydrogen (secondary N) is 2. The van der Waals surface area contributed by atoms with E-state index in [4.69, 9.17) is 0 Å². The molecule has 0 aliphatic heterocycles. The zero-order chi connectivity index (χ0) is 11.4. The highest BCUT2D eigenvalue weighted by molar-refractivity contribution is 5.74. The summed E-state index contributed by atoms with van der Waals surface area (Å²) in [6.45, 7) is 8.48. The van der Waals surface area contributed by atoms with Crippen molar-refractivity contribution in [2.24, 2.45) is 11.8 Å². The Morgan fingerprint density at radius 1 is 1.27 bits per heavy atom. The average Bonchev–Trinajstić information content (AvgIpc) is 2.08. The Balaban J connectivity index is 2.34. The van der Waals surface area contributed by atoms with Gasteiger partial charge in [-0.1, -0.05) is 13.8 Å². The molecule has 88 valence electrons. The second-order valence-electron chi connectivity index (χ2n) is 5.27. The van der Waals surface area contributed by atoms with Gasteiger partial charge in [0.05, 0.1) is 0 Å². The third-order valence-electron chi connectivity index (χ3n) is 3.17. The molecule has 2 amide bonds. The van der Waals surface area contributed by atoms with Crippen molar-refractivity contribution in [3.8, 4) is 0 Å². The first kappa shape index (κ1) is 12.3. The van der Waals surface area contributed by atoms with Crippen molar-refractivity contribution in [1.29, 1.82) is 0 Å². The van der Waals surface area contributed by atoms with Gasteiger partial charge in [0.15, 0.2) is 0 Å². The van der Waals surface area contributed by atoms with Gasteiger partial charge in [0, 0.05) is 12.1 Å². The summed E-state index contributed by atoms with van der Waals surface area (Å²) >= 11 is 0. The number of hydrogen-bond donors (Lipinski definition) is 2. The summed E-state index contributed by atoms with van der Waals surface area (Å²) in [5, 5.41) is 5.94. The lowest BCUT2D eigenvalue weighted by molar-refractivity contribution is 0.205. The lowest BCUT2D eigenvalue weighted by Crippen LogP contribution is -2.48. The molecule has 0 aromatic rings. The monoisotopic (exact) mass is 212 g/mol. The second kappa shape index (κ2) is 5.38. The number of carbonyl (C=O) groups excluding carboxylic acids is 1. The Morgan fingerprint density at radius 2 is 1.93 bits per heavy atom. The third kappa shape index (κ3) is 4.10. The Labute approximate surface area is 93.0 Å². The van der Waals surface area contributed by atoms with Crippen molar-refractivity contribution in [2.45, 2.75) is 59.0 Å². The van der Waals surface area contributed by atoms with Gasteiger partial charge < -0.3 is 10.6 Å². The highest BCUT2D eigenvalue weighted by Crippen LogP contribution is 2.28. The van der Waals surface area contributed by atoms with Crippen molar-refractivity contribution in [3.63, 3.8) is 0 Å². The van der Waals surface area contributed by atoms with E-state index in [-0.39, 0.29) is 12.1 Å². The zero-order valence-corrected chi connectivity index (χ0v) is 10.3. The lowest BCUT2D eigenvalue weighted by atomic mass is 9.80. The Hall–Kier alpha value is -0.730. The number of urea groups is 1. The molecule has 0 aromatic carbocycles. The molecule has 1 rings (SSSR count). The normalized spacial score (nSPS) is 31.4. The molecule has 0 radical (unpaired) electrons. The molecule has 0 bridgehead atoms. The van der Waals surface area contributed by atoms with Gasteiger partial charge in [-0.25, -0.2) is 4.79 Å². The van der Waals surface area contributed by atoms with E-state index in [0.717, 1.165) is 12.3 Å². The van der Waals surface area contributed by atoms with E-state index in [1.54, 1.807) is 0 Å². The first-order valence-corrected chi connectivity index (χ1v) is 6.06. The molecule has 15 heavy (non-hydrogen) atoms. The number of carbonyl (C=O) groups is 1. The topological polar surface area (TPSA) is 41.1 Å². The van der Waals surface area contributed by atoms with E-state index in [1.807, 2.05) is 13.8 Å². The molecular weight excluding hydrogens is 188 g/mol. The van der Waals surface area contributed by atoms with Crippen LogP contribution in [0.3, 0.4) is 0 Å². The smallest absolute Gasteiger partial charge is 0.315 e. The van der Waals surface area contributed by atoms with Crippen LogP contribution in [0.5, 0.6) is 0 Å². The molecule has 3 heteroatoms. The van der Waals surface area contributed by atoms with Crippen LogP contribution >= 0.6 is 0 Å². The van der Waals surface area contributed by atoms with Gasteiger partial charge in [0.2, 0.25) is 0 Å². The first-order chi connectivity index (χ1) is 6.99. The molecule has 0 heterocycles. The molecule has 1 saturated carbocycles. The standard InChI is InChI=1S/C12H24N2O/c1-8(2)13-12(15)14-11-6-5-9(3)7-10(11)4/h8-11H,5-7H2,1-4H3,(H2,13,14,15). The summed E-state index contributed by atoms with van der Waals surface area (Å²) in [5.41, 5.74) is 0. The van der Waals surface area contributed by atoms with Gasteiger partial charge in [-0.3, -0.25) is 0 Å². The first-order valence-electron chi connectivity index (χ1n) is 6.06. The van der Waals surface area contributed by atoms with E-state index in [1.165, 1.54) is 12.8 Å². The zero-order valence-electron chi connectivity index (χ0n) is 10.3. The van der Waals surface area contributed by atoms with Crippen molar-refractivity contribution in [1.82, 2.24) is 10.6 Å². The van der Waals surface area contributed by atoms with Crippen LogP contribution < -0.4 is 10.6 Å². The highest BCUT2D eigenvalue weighted by Gasteiger charge is 2.26. The van der Waals surface area contributed by atoms with Gasteiger partial charge in [0.1, 0.15) is 0 Å². The molecule has 1 aliphatic carbocycles. The summed E-state index contributed by atoms with van der Waals surface area (Å²) in [7, 11) is 0. The Kier molecular flexibility index (Phi) is 4.43. The van der Waals surface area contributed by atoms with Crippen LogP contribution in [0.25, 0.3) is 0 Å². The quantitative estimate of drug-likeness (QED) is 0.725. The van der Waals surface area contributed by atoms with Crippen molar-refractivity contribution in [3.05, 3.63) is 0 Å². The van der Waals surface area contributed by atoms with Gasteiger partial charge >= 0.3 is 6.03 Å². The summed E-state index contributed by atoms with van der Waals surface area (Å²) in [6, 6.07) is 0.555. The van der Waals surface area contributed by atoms with Crippen LogP contribution in [0.15, 0.2) is 0 Å². The van der Waals surface area contributed by atoms with Crippen molar-refractivity contribution in [2.75, 3.05) is 0 Å².